The van der Waals surface area contributed by atoms with Crippen LogP contribution >= 0.6 is 11.8 Å². The highest BCUT2D eigenvalue weighted by atomic mass is 35.5. The lowest BCUT2D eigenvalue weighted by Gasteiger charge is -2.09. The molecule has 1 aromatic rings. The maximum Gasteiger partial charge on any atom is 0.0887 e. The molecule has 0 aliphatic carbocycles. The third-order valence-electron chi connectivity index (χ3n) is 2.57. The summed E-state index contributed by atoms with van der Waals surface area (Å²) in [5.74, 6) is 0.575. The fourth-order valence-electron chi connectivity index (χ4n) is 1.74. The predicted octanol–water partition coefficient (Wildman–Crippen LogP) is 2.07. The third-order valence-corrected chi connectivity index (χ3v) is 2.87. The van der Waals surface area contributed by atoms with Gasteiger partial charge in [0.05, 0.1) is 18.9 Å². The van der Waals surface area contributed by atoms with Gasteiger partial charge in [-0.25, -0.2) is 4.42 Å². The van der Waals surface area contributed by atoms with Crippen molar-refractivity contribution in [2.45, 2.75) is 13.0 Å². The Balaban J connectivity index is 1.67. The minimum atomic E-state index is 0.575. The Morgan fingerprint density at radius 1 is 1.53 bits per heavy atom. The molecule has 2 rings (SSSR count). The minimum absolute atomic E-state index is 0.575. The minimum Gasteiger partial charge on any atom is -0.375 e. The van der Waals surface area contributed by atoms with E-state index in [1.807, 2.05) is 22.6 Å². The lowest BCUT2D eigenvalue weighted by Crippen LogP contribution is -2.13. The Morgan fingerprint density at radius 2 is 2.47 bits per heavy atom. The summed E-state index contributed by atoms with van der Waals surface area (Å²) in [6.45, 7) is 3.28. The largest absolute Gasteiger partial charge is 0.375 e. The molecule has 0 radical (unpaired) electrons. The first kappa shape index (κ1) is 10.9. The number of hydrogen-bond donors (Lipinski definition) is 0. The lowest BCUT2D eigenvalue weighted by atomic mass is 10.1. The predicted molar refractivity (Wildman–Crippen MR) is 59.4 cm³/mol. The fraction of sp³-hybridized carbons (Fsp3) is 0.545. The summed E-state index contributed by atoms with van der Waals surface area (Å²) in [6, 6.07) is 5.86. The van der Waals surface area contributed by atoms with Crippen molar-refractivity contribution in [2.24, 2.45) is 5.92 Å². The van der Waals surface area contributed by atoms with Crippen molar-refractivity contribution in [3.05, 3.63) is 30.1 Å². The van der Waals surface area contributed by atoms with E-state index in [1.54, 1.807) is 6.20 Å². The van der Waals surface area contributed by atoms with Crippen LogP contribution in [0.3, 0.4) is 0 Å². The molecule has 15 heavy (non-hydrogen) atoms. The van der Waals surface area contributed by atoms with Gasteiger partial charge in [0.1, 0.15) is 0 Å². The monoisotopic (exact) mass is 226 g/mol. The molecular formula is C11H15ClN2O. The number of hydrogen-bond acceptors (Lipinski definition) is 3. The molecule has 1 saturated heterocycles. The molecule has 4 heteroatoms. The van der Waals surface area contributed by atoms with Gasteiger partial charge < -0.3 is 4.74 Å². The average Bonchev–Trinajstić information content (AvgIpc) is 2.66. The highest BCUT2D eigenvalue weighted by molar-refractivity contribution is 6.13. The zero-order chi connectivity index (χ0) is 10.5. The van der Waals surface area contributed by atoms with Gasteiger partial charge in [0, 0.05) is 19.3 Å². The molecule has 0 amide bonds. The molecule has 0 saturated carbocycles. The molecule has 0 aromatic carbocycles. The van der Waals surface area contributed by atoms with Gasteiger partial charge in [-0.15, -0.1) is 0 Å². The van der Waals surface area contributed by atoms with Crippen molar-refractivity contribution in [3.63, 3.8) is 0 Å². The molecule has 3 nitrogen and oxygen atoms in total. The smallest absolute Gasteiger partial charge is 0.0887 e. The quantitative estimate of drug-likeness (QED) is 0.735. The zero-order valence-corrected chi connectivity index (χ0v) is 9.36. The normalized spacial score (nSPS) is 22.1. The number of pyridine rings is 1. The highest BCUT2D eigenvalue weighted by Gasteiger charge is 2.20. The van der Waals surface area contributed by atoms with Crippen LogP contribution in [-0.2, 0) is 11.3 Å². The summed E-state index contributed by atoms with van der Waals surface area (Å²) in [7, 11) is 0. The van der Waals surface area contributed by atoms with E-state index in [-0.39, 0.29) is 0 Å². The molecule has 1 aromatic heterocycles. The molecule has 1 aliphatic rings. The molecule has 0 spiro atoms. The van der Waals surface area contributed by atoms with Crippen LogP contribution in [0.4, 0.5) is 0 Å². The van der Waals surface area contributed by atoms with Crippen LogP contribution in [0, 0.1) is 5.92 Å². The maximum atomic E-state index is 5.87. The Morgan fingerprint density at radius 3 is 3.13 bits per heavy atom. The number of rotatable bonds is 4. The SMILES string of the molecule is ClN1CCC(COCc2ccccn2)C1. The molecular weight excluding hydrogens is 212 g/mol. The van der Waals surface area contributed by atoms with E-state index in [0.717, 1.165) is 31.8 Å². The van der Waals surface area contributed by atoms with Crippen molar-refractivity contribution < 1.29 is 4.74 Å². The summed E-state index contributed by atoms with van der Waals surface area (Å²) < 4.78 is 7.43. The molecule has 82 valence electrons. The fourth-order valence-corrected chi connectivity index (χ4v) is 2.03. The standard InChI is InChI=1S/C11H15ClN2O/c12-14-6-4-10(7-14)8-15-9-11-3-1-2-5-13-11/h1-3,5,10H,4,6-9H2. The third kappa shape index (κ3) is 3.45. The van der Waals surface area contributed by atoms with Crippen molar-refractivity contribution in [3.8, 4) is 0 Å². The first-order chi connectivity index (χ1) is 7.34. The number of halogens is 1. The van der Waals surface area contributed by atoms with Crippen LogP contribution in [0.2, 0.25) is 0 Å². The van der Waals surface area contributed by atoms with Crippen LogP contribution in [0.1, 0.15) is 12.1 Å². The number of ether oxygens (including phenoxy) is 1. The lowest BCUT2D eigenvalue weighted by molar-refractivity contribution is 0.0889. The highest BCUT2D eigenvalue weighted by Crippen LogP contribution is 2.18. The van der Waals surface area contributed by atoms with Gasteiger partial charge in [0.2, 0.25) is 0 Å². The van der Waals surface area contributed by atoms with Gasteiger partial charge in [-0.1, -0.05) is 6.07 Å². The Hall–Kier alpha value is -0.640. The molecule has 1 atom stereocenters. The van der Waals surface area contributed by atoms with Crippen LogP contribution in [0.25, 0.3) is 0 Å². The second-order valence-electron chi connectivity index (χ2n) is 3.86. The van der Waals surface area contributed by atoms with Crippen molar-refractivity contribution in [2.75, 3.05) is 19.7 Å². The van der Waals surface area contributed by atoms with Gasteiger partial charge in [0.15, 0.2) is 0 Å². The maximum absolute atomic E-state index is 5.87. The molecule has 1 fully saturated rings. The second-order valence-corrected chi connectivity index (χ2v) is 4.34. The van der Waals surface area contributed by atoms with E-state index in [9.17, 15) is 0 Å². The van der Waals surface area contributed by atoms with Crippen LogP contribution in [-0.4, -0.2) is 29.1 Å². The summed E-state index contributed by atoms with van der Waals surface area (Å²) in [5, 5.41) is 0. The van der Waals surface area contributed by atoms with Crippen LogP contribution < -0.4 is 0 Å². The van der Waals surface area contributed by atoms with E-state index in [0.29, 0.717) is 12.5 Å². The van der Waals surface area contributed by atoms with Gasteiger partial charge in [-0.2, -0.15) is 0 Å². The Labute approximate surface area is 95.1 Å². The van der Waals surface area contributed by atoms with Gasteiger partial charge in [0.25, 0.3) is 0 Å². The van der Waals surface area contributed by atoms with Crippen LogP contribution in [0.5, 0.6) is 0 Å². The van der Waals surface area contributed by atoms with Gasteiger partial charge in [-0.3, -0.25) is 4.98 Å². The van der Waals surface area contributed by atoms with Crippen molar-refractivity contribution >= 4 is 11.8 Å². The molecule has 0 bridgehead atoms. The zero-order valence-electron chi connectivity index (χ0n) is 8.60. The molecule has 1 unspecified atom stereocenters. The van der Waals surface area contributed by atoms with Crippen molar-refractivity contribution in [1.29, 1.82) is 0 Å². The van der Waals surface area contributed by atoms with Crippen molar-refractivity contribution in [1.82, 2.24) is 9.40 Å². The van der Waals surface area contributed by atoms with Crippen LogP contribution in [0.15, 0.2) is 24.4 Å². The van der Waals surface area contributed by atoms with E-state index in [2.05, 4.69) is 4.98 Å². The molecule has 0 N–H and O–H groups in total. The Bertz CT molecular complexity index is 294. The van der Waals surface area contributed by atoms with Gasteiger partial charge in [-0.05, 0) is 36.2 Å². The molecule has 2 heterocycles. The summed E-state index contributed by atoms with van der Waals surface area (Å²) in [4.78, 5) is 4.20. The first-order valence-electron chi connectivity index (χ1n) is 5.23. The van der Waals surface area contributed by atoms with E-state index in [1.165, 1.54) is 0 Å². The Kier molecular flexibility index (Phi) is 3.94. The average molecular weight is 227 g/mol. The number of aromatic nitrogens is 1. The molecule has 1 aliphatic heterocycles. The second kappa shape index (κ2) is 5.45. The first-order valence-corrected chi connectivity index (χ1v) is 5.57. The van der Waals surface area contributed by atoms with E-state index in [4.69, 9.17) is 16.5 Å². The van der Waals surface area contributed by atoms with Gasteiger partial charge >= 0.3 is 0 Å². The summed E-state index contributed by atoms with van der Waals surface area (Å²) >= 11 is 5.87. The summed E-state index contributed by atoms with van der Waals surface area (Å²) in [5.41, 5.74) is 0.984. The van der Waals surface area contributed by atoms with E-state index < -0.39 is 0 Å². The summed E-state index contributed by atoms with van der Waals surface area (Å²) in [6.07, 6.45) is 2.92. The van der Waals surface area contributed by atoms with E-state index >= 15 is 0 Å². The topological polar surface area (TPSA) is 25.4 Å². The number of nitrogens with zero attached hydrogens (tertiary/aromatic N) is 2.